The lowest BCUT2D eigenvalue weighted by Crippen LogP contribution is -2.30. The standard InChI is InChI=1S/C13H17NO4S/c1-9(2)14-19(17,18)12-6-4-11(10(3)8-12)5-7-13(15)16/h4-9,14H,1-3H3,(H,15,16). The van der Waals surface area contributed by atoms with Crippen molar-refractivity contribution in [3.63, 3.8) is 0 Å². The zero-order valence-corrected chi connectivity index (χ0v) is 11.9. The molecule has 0 spiro atoms. The number of carbonyl (C=O) groups is 1. The van der Waals surface area contributed by atoms with Crippen LogP contribution in [0.2, 0.25) is 0 Å². The molecule has 104 valence electrons. The average Bonchev–Trinajstić information content (AvgIpc) is 2.25. The van der Waals surface area contributed by atoms with E-state index in [9.17, 15) is 13.2 Å². The van der Waals surface area contributed by atoms with Crippen LogP contribution in [0.25, 0.3) is 6.08 Å². The lowest BCUT2D eigenvalue weighted by atomic mass is 10.1. The summed E-state index contributed by atoms with van der Waals surface area (Å²) < 4.78 is 26.4. The number of rotatable bonds is 5. The molecule has 0 atom stereocenters. The van der Waals surface area contributed by atoms with Gasteiger partial charge in [0.1, 0.15) is 0 Å². The van der Waals surface area contributed by atoms with Crippen LogP contribution in [0.1, 0.15) is 25.0 Å². The van der Waals surface area contributed by atoms with Crippen molar-refractivity contribution in [1.82, 2.24) is 4.72 Å². The Balaban J connectivity index is 3.10. The maximum Gasteiger partial charge on any atom is 0.328 e. The van der Waals surface area contributed by atoms with Crippen molar-refractivity contribution >= 4 is 22.1 Å². The number of aliphatic carboxylic acids is 1. The van der Waals surface area contributed by atoms with Crippen molar-refractivity contribution in [2.45, 2.75) is 31.7 Å². The molecule has 0 fully saturated rings. The zero-order chi connectivity index (χ0) is 14.6. The third kappa shape index (κ3) is 4.50. The lowest BCUT2D eigenvalue weighted by molar-refractivity contribution is -0.131. The van der Waals surface area contributed by atoms with Gasteiger partial charge < -0.3 is 5.11 Å². The highest BCUT2D eigenvalue weighted by Crippen LogP contribution is 2.17. The first-order chi connectivity index (χ1) is 8.72. The van der Waals surface area contributed by atoms with E-state index in [1.165, 1.54) is 18.2 Å². The van der Waals surface area contributed by atoms with E-state index >= 15 is 0 Å². The maximum atomic E-state index is 11.9. The van der Waals surface area contributed by atoms with E-state index in [0.717, 1.165) is 6.08 Å². The van der Waals surface area contributed by atoms with Crippen LogP contribution in [0.15, 0.2) is 29.2 Å². The largest absolute Gasteiger partial charge is 0.478 e. The third-order valence-electron chi connectivity index (χ3n) is 2.35. The molecule has 1 aromatic carbocycles. The highest BCUT2D eigenvalue weighted by atomic mass is 32.2. The van der Waals surface area contributed by atoms with E-state index in [2.05, 4.69) is 4.72 Å². The van der Waals surface area contributed by atoms with E-state index in [1.807, 2.05) is 0 Å². The normalized spacial score (nSPS) is 12.2. The van der Waals surface area contributed by atoms with Crippen molar-refractivity contribution in [2.75, 3.05) is 0 Å². The van der Waals surface area contributed by atoms with Crippen LogP contribution in [-0.4, -0.2) is 25.5 Å². The van der Waals surface area contributed by atoms with Gasteiger partial charge >= 0.3 is 5.97 Å². The molecule has 19 heavy (non-hydrogen) atoms. The molecule has 0 saturated heterocycles. The number of carboxylic acid groups (broad SMARTS) is 1. The van der Waals surface area contributed by atoms with Crippen molar-refractivity contribution < 1.29 is 18.3 Å². The summed E-state index contributed by atoms with van der Waals surface area (Å²) in [6.07, 6.45) is 2.45. The van der Waals surface area contributed by atoms with E-state index in [0.29, 0.717) is 11.1 Å². The first kappa shape index (κ1) is 15.4. The number of hydrogen-bond acceptors (Lipinski definition) is 3. The summed E-state index contributed by atoms with van der Waals surface area (Å²) in [5, 5.41) is 8.56. The summed E-state index contributed by atoms with van der Waals surface area (Å²) in [5.74, 6) is -1.04. The van der Waals surface area contributed by atoms with Crippen LogP contribution >= 0.6 is 0 Å². The molecule has 0 aliphatic carbocycles. The minimum atomic E-state index is -3.52. The molecule has 0 amide bonds. The van der Waals surface area contributed by atoms with Crippen LogP contribution in [0.5, 0.6) is 0 Å². The molecule has 1 rings (SSSR count). The molecule has 5 nitrogen and oxygen atoms in total. The number of hydrogen-bond donors (Lipinski definition) is 2. The molecular weight excluding hydrogens is 266 g/mol. The monoisotopic (exact) mass is 283 g/mol. The highest BCUT2D eigenvalue weighted by Gasteiger charge is 2.15. The van der Waals surface area contributed by atoms with Gasteiger partial charge in [-0.15, -0.1) is 0 Å². The average molecular weight is 283 g/mol. The van der Waals surface area contributed by atoms with Gasteiger partial charge in [0.15, 0.2) is 0 Å². The number of carboxylic acids is 1. The highest BCUT2D eigenvalue weighted by molar-refractivity contribution is 7.89. The zero-order valence-electron chi connectivity index (χ0n) is 11.0. The third-order valence-corrected chi connectivity index (χ3v) is 4.00. The smallest absolute Gasteiger partial charge is 0.328 e. The predicted octanol–water partition coefficient (Wildman–Crippen LogP) is 1.78. The minimum Gasteiger partial charge on any atom is -0.478 e. The molecule has 0 bridgehead atoms. The van der Waals surface area contributed by atoms with Crippen LogP contribution in [0.3, 0.4) is 0 Å². The van der Waals surface area contributed by atoms with E-state index in [-0.39, 0.29) is 10.9 Å². The minimum absolute atomic E-state index is 0.172. The Labute approximate surface area is 113 Å². The molecule has 2 N–H and O–H groups in total. The number of aryl methyl sites for hydroxylation is 1. The van der Waals surface area contributed by atoms with Crippen LogP contribution in [-0.2, 0) is 14.8 Å². The summed E-state index contributed by atoms with van der Waals surface area (Å²) >= 11 is 0. The second kappa shape index (κ2) is 5.99. The van der Waals surface area contributed by atoms with Gasteiger partial charge in [0, 0.05) is 12.1 Å². The molecule has 0 unspecified atom stereocenters. The molecular formula is C13H17NO4S. The van der Waals surface area contributed by atoms with E-state index in [4.69, 9.17) is 5.11 Å². The second-order valence-electron chi connectivity index (χ2n) is 4.47. The summed E-state index contributed by atoms with van der Waals surface area (Å²) in [7, 11) is -3.52. The van der Waals surface area contributed by atoms with Gasteiger partial charge in [-0.3, -0.25) is 0 Å². The molecule has 0 heterocycles. The summed E-state index contributed by atoms with van der Waals surface area (Å²) in [6, 6.07) is 4.38. The van der Waals surface area contributed by atoms with Gasteiger partial charge in [-0.25, -0.2) is 17.9 Å². The molecule has 0 aliphatic rings. The SMILES string of the molecule is Cc1cc(S(=O)(=O)NC(C)C)ccc1C=CC(=O)O. The van der Waals surface area contributed by atoms with Crippen LogP contribution in [0.4, 0.5) is 0 Å². The quantitative estimate of drug-likeness (QED) is 0.807. The Bertz CT molecular complexity index is 603. The fourth-order valence-electron chi connectivity index (χ4n) is 1.54. The Morgan fingerprint density at radius 1 is 1.37 bits per heavy atom. The van der Waals surface area contributed by atoms with Gasteiger partial charge in [0.2, 0.25) is 10.0 Å². The molecule has 1 aromatic rings. The van der Waals surface area contributed by atoms with Crippen LogP contribution in [0, 0.1) is 6.92 Å². The van der Waals surface area contributed by atoms with Gasteiger partial charge in [-0.2, -0.15) is 0 Å². The Morgan fingerprint density at radius 3 is 2.47 bits per heavy atom. The van der Waals surface area contributed by atoms with Gasteiger partial charge in [0.05, 0.1) is 4.90 Å². The van der Waals surface area contributed by atoms with Gasteiger partial charge in [-0.1, -0.05) is 6.07 Å². The van der Waals surface area contributed by atoms with Crippen LogP contribution < -0.4 is 4.72 Å². The Morgan fingerprint density at radius 2 is 2.00 bits per heavy atom. The Hall–Kier alpha value is -1.66. The fourth-order valence-corrected chi connectivity index (χ4v) is 2.88. The van der Waals surface area contributed by atoms with E-state index in [1.54, 1.807) is 26.8 Å². The summed E-state index contributed by atoms with van der Waals surface area (Å²) in [4.78, 5) is 10.6. The summed E-state index contributed by atoms with van der Waals surface area (Å²) in [5.41, 5.74) is 1.37. The molecule has 0 aliphatic heterocycles. The molecule has 0 aromatic heterocycles. The Kier molecular flexibility index (Phi) is 4.85. The number of sulfonamides is 1. The van der Waals surface area contributed by atoms with Gasteiger partial charge in [0.25, 0.3) is 0 Å². The predicted molar refractivity (Wildman–Crippen MR) is 73.3 cm³/mol. The molecule has 6 heteroatoms. The van der Waals surface area contributed by atoms with Crippen molar-refractivity contribution in [1.29, 1.82) is 0 Å². The second-order valence-corrected chi connectivity index (χ2v) is 6.18. The number of benzene rings is 1. The molecule has 0 saturated carbocycles. The number of nitrogens with one attached hydrogen (secondary N) is 1. The molecule has 0 radical (unpaired) electrons. The lowest BCUT2D eigenvalue weighted by Gasteiger charge is -2.11. The van der Waals surface area contributed by atoms with Crippen molar-refractivity contribution in [2.24, 2.45) is 0 Å². The van der Waals surface area contributed by atoms with Crippen molar-refractivity contribution in [3.8, 4) is 0 Å². The maximum absolute atomic E-state index is 11.9. The van der Waals surface area contributed by atoms with Crippen molar-refractivity contribution in [3.05, 3.63) is 35.4 Å². The fraction of sp³-hybridized carbons (Fsp3) is 0.308. The van der Waals surface area contributed by atoms with Gasteiger partial charge in [-0.05, 0) is 50.1 Å². The summed E-state index contributed by atoms with van der Waals surface area (Å²) in [6.45, 7) is 5.22. The first-order valence-electron chi connectivity index (χ1n) is 5.76. The topological polar surface area (TPSA) is 83.5 Å². The van der Waals surface area contributed by atoms with E-state index < -0.39 is 16.0 Å². The first-order valence-corrected chi connectivity index (χ1v) is 7.24.